The number of hydrogen-bond acceptors (Lipinski definition) is 4. The third-order valence-electron chi connectivity index (χ3n) is 2.23. The number of aliphatic hydroxyl groups excluding tert-OH is 1. The molecule has 1 N–H and O–H groups in total. The molecule has 0 saturated carbocycles. The van der Waals surface area contributed by atoms with Crippen molar-refractivity contribution in [1.82, 2.24) is 0 Å². The van der Waals surface area contributed by atoms with Crippen LogP contribution < -0.4 is 0 Å². The van der Waals surface area contributed by atoms with Crippen molar-refractivity contribution in [1.29, 1.82) is 5.26 Å². The van der Waals surface area contributed by atoms with Crippen LogP contribution in [0, 0.1) is 11.3 Å². The van der Waals surface area contributed by atoms with Crippen molar-refractivity contribution in [3.8, 4) is 6.07 Å². The van der Waals surface area contributed by atoms with Crippen molar-refractivity contribution >= 4 is 19.7 Å². The predicted molar refractivity (Wildman–Crippen MR) is 59.5 cm³/mol. The van der Waals surface area contributed by atoms with E-state index in [-0.39, 0.29) is 16.0 Å². The van der Waals surface area contributed by atoms with Gasteiger partial charge in [0.1, 0.15) is 11.0 Å². The summed E-state index contributed by atoms with van der Waals surface area (Å²) in [5.74, 6) is 0. The van der Waals surface area contributed by atoms with Crippen LogP contribution in [0.3, 0.4) is 0 Å². The number of halogens is 1. The van der Waals surface area contributed by atoms with E-state index >= 15 is 0 Å². The van der Waals surface area contributed by atoms with E-state index in [4.69, 9.17) is 21.1 Å². The Morgan fingerprint density at radius 1 is 1.44 bits per heavy atom. The fourth-order valence-corrected chi connectivity index (χ4v) is 2.95. The average molecular weight is 260 g/mol. The first-order valence-electron chi connectivity index (χ1n) is 4.56. The lowest BCUT2D eigenvalue weighted by molar-refractivity contribution is 0.281. The molecule has 1 rings (SSSR count). The van der Waals surface area contributed by atoms with Crippen molar-refractivity contribution < 1.29 is 13.5 Å². The van der Waals surface area contributed by atoms with E-state index in [1.165, 1.54) is 6.07 Å². The fraction of sp³-hybridized carbons (Fsp3) is 0.300. The van der Waals surface area contributed by atoms with Crippen molar-refractivity contribution in [2.45, 2.75) is 24.8 Å². The lowest BCUT2D eigenvalue weighted by atomic mass is 10.0. The second-order valence-electron chi connectivity index (χ2n) is 3.15. The van der Waals surface area contributed by atoms with Gasteiger partial charge in [-0.25, -0.2) is 8.42 Å². The second-order valence-corrected chi connectivity index (χ2v) is 5.65. The van der Waals surface area contributed by atoms with Crippen LogP contribution in [0.5, 0.6) is 0 Å². The van der Waals surface area contributed by atoms with Crippen LogP contribution >= 0.6 is 10.7 Å². The minimum atomic E-state index is -3.98. The molecule has 0 aliphatic carbocycles. The molecule has 6 heteroatoms. The highest BCUT2D eigenvalue weighted by atomic mass is 35.7. The summed E-state index contributed by atoms with van der Waals surface area (Å²) < 4.78 is 22.8. The van der Waals surface area contributed by atoms with E-state index in [2.05, 4.69) is 0 Å². The molecule has 16 heavy (non-hydrogen) atoms. The Kier molecular flexibility index (Phi) is 3.92. The molecule has 0 radical (unpaired) electrons. The maximum absolute atomic E-state index is 11.4. The van der Waals surface area contributed by atoms with Gasteiger partial charge in [0.2, 0.25) is 0 Å². The van der Waals surface area contributed by atoms with E-state index < -0.39 is 15.7 Å². The van der Waals surface area contributed by atoms with E-state index in [9.17, 15) is 8.42 Å². The first-order valence-corrected chi connectivity index (χ1v) is 6.87. The Balaban J connectivity index is 3.72. The largest absolute Gasteiger partial charge is 0.392 e. The molecule has 0 fully saturated rings. The van der Waals surface area contributed by atoms with Gasteiger partial charge in [-0.05, 0) is 17.5 Å². The summed E-state index contributed by atoms with van der Waals surface area (Å²) in [5.41, 5.74) is 0.666. The molecule has 0 aliphatic rings. The number of rotatable bonds is 3. The van der Waals surface area contributed by atoms with Crippen molar-refractivity contribution in [3.63, 3.8) is 0 Å². The Morgan fingerprint density at radius 3 is 2.38 bits per heavy atom. The zero-order valence-electron chi connectivity index (χ0n) is 8.57. The van der Waals surface area contributed by atoms with Crippen LogP contribution in [0.1, 0.15) is 23.6 Å². The summed E-state index contributed by atoms with van der Waals surface area (Å²) in [6.07, 6.45) is 0.446. The van der Waals surface area contributed by atoms with Crippen LogP contribution in [0.15, 0.2) is 17.0 Å². The van der Waals surface area contributed by atoms with Gasteiger partial charge in [-0.1, -0.05) is 19.1 Å². The van der Waals surface area contributed by atoms with Gasteiger partial charge < -0.3 is 5.11 Å². The SMILES string of the molecule is CCc1ccc(CO)c(C#N)c1S(=O)(=O)Cl. The lowest BCUT2D eigenvalue weighted by Gasteiger charge is -2.09. The van der Waals surface area contributed by atoms with E-state index in [0.29, 0.717) is 12.0 Å². The third-order valence-corrected chi connectivity index (χ3v) is 3.65. The molecule has 86 valence electrons. The Hall–Kier alpha value is -1.09. The Labute approximate surface area is 98.5 Å². The lowest BCUT2D eigenvalue weighted by Crippen LogP contribution is -2.04. The number of nitriles is 1. The van der Waals surface area contributed by atoms with Gasteiger partial charge in [0.15, 0.2) is 0 Å². The molecule has 1 aromatic rings. The molecular formula is C10H10ClNO3S. The normalized spacial score (nSPS) is 11.1. The number of benzene rings is 1. The third kappa shape index (κ3) is 2.35. The predicted octanol–water partition coefficient (Wildman–Crippen LogP) is 1.54. The Morgan fingerprint density at radius 2 is 2.00 bits per heavy atom. The number of aryl methyl sites for hydroxylation is 1. The van der Waals surface area contributed by atoms with Crippen LogP contribution in [0.25, 0.3) is 0 Å². The first-order chi connectivity index (χ1) is 7.45. The van der Waals surface area contributed by atoms with Gasteiger partial charge >= 0.3 is 0 Å². The molecule has 1 aromatic carbocycles. The first kappa shape index (κ1) is 13.0. The van der Waals surface area contributed by atoms with Gasteiger partial charge in [-0.2, -0.15) is 5.26 Å². The van der Waals surface area contributed by atoms with Gasteiger partial charge in [0.05, 0.1) is 12.2 Å². The quantitative estimate of drug-likeness (QED) is 0.835. The number of aliphatic hydroxyl groups is 1. The topological polar surface area (TPSA) is 78.2 Å². The summed E-state index contributed by atoms with van der Waals surface area (Å²) in [7, 11) is 1.31. The molecule has 0 spiro atoms. The second kappa shape index (κ2) is 4.83. The fourth-order valence-electron chi connectivity index (χ4n) is 1.48. The molecule has 0 aliphatic heterocycles. The summed E-state index contributed by atoms with van der Waals surface area (Å²) >= 11 is 0. The monoisotopic (exact) mass is 259 g/mol. The summed E-state index contributed by atoms with van der Waals surface area (Å²) in [5, 5.41) is 17.9. The van der Waals surface area contributed by atoms with Crippen LogP contribution in [-0.2, 0) is 22.1 Å². The molecular weight excluding hydrogens is 250 g/mol. The van der Waals surface area contributed by atoms with Gasteiger partial charge in [0, 0.05) is 10.7 Å². The summed E-state index contributed by atoms with van der Waals surface area (Å²) in [6.45, 7) is 1.37. The summed E-state index contributed by atoms with van der Waals surface area (Å²) in [6, 6.07) is 4.86. The molecule has 0 heterocycles. The Bertz CT molecular complexity index is 546. The van der Waals surface area contributed by atoms with Crippen LogP contribution in [0.2, 0.25) is 0 Å². The maximum Gasteiger partial charge on any atom is 0.262 e. The highest BCUT2D eigenvalue weighted by Gasteiger charge is 2.22. The standard InChI is InChI=1S/C10H10ClNO3S/c1-2-7-3-4-8(6-13)9(5-12)10(7)16(11,14)15/h3-4,13H,2,6H2,1H3. The van der Waals surface area contributed by atoms with Gasteiger partial charge in [-0.3, -0.25) is 0 Å². The van der Waals surface area contributed by atoms with Crippen molar-refractivity contribution in [2.24, 2.45) is 0 Å². The molecule has 0 bridgehead atoms. The van der Waals surface area contributed by atoms with E-state index in [1.807, 2.05) is 0 Å². The van der Waals surface area contributed by atoms with Crippen molar-refractivity contribution in [2.75, 3.05) is 0 Å². The maximum atomic E-state index is 11.4. The molecule has 0 aromatic heterocycles. The molecule has 0 amide bonds. The number of hydrogen-bond donors (Lipinski definition) is 1. The zero-order valence-corrected chi connectivity index (χ0v) is 10.1. The molecule has 0 atom stereocenters. The minimum Gasteiger partial charge on any atom is -0.392 e. The highest BCUT2D eigenvalue weighted by molar-refractivity contribution is 8.13. The van der Waals surface area contributed by atoms with Gasteiger partial charge in [0.25, 0.3) is 9.05 Å². The molecule has 0 unspecified atom stereocenters. The minimum absolute atomic E-state index is 0.0724. The van der Waals surface area contributed by atoms with Crippen LogP contribution in [-0.4, -0.2) is 13.5 Å². The smallest absolute Gasteiger partial charge is 0.262 e. The van der Waals surface area contributed by atoms with E-state index in [1.54, 1.807) is 19.1 Å². The number of nitrogens with zero attached hydrogens (tertiary/aromatic N) is 1. The van der Waals surface area contributed by atoms with Crippen LogP contribution in [0.4, 0.5) is 0 Å². The summed E-state index contributed by atoms with van der Waals surface area (Å²) in [4.78, 5) is -0.189. The van der Waals surface area contributed by atoms with E-state index in [0.717, 1.165) is 0 Å². The average Bonchev–Trinajstić information content (AvgIpc) is 2.25. The highest BCUT2D eigenvalue weighted by Crippen LogP contribution is 2.27. The van der Waals surface area contributed by atoms with Crippen molar-refractivity contribution in [3.05, 3.63) is 28.8 Å². The zero-order chi connectivity index (χ0) is 12.3. The molecule has 4 nitrogen and oxygen atoms in total. The van der Waals surface area contributed by atoms with Gasteiger partial charge in [-0.15, -0.1) is 0 Å². The molecule has 0 saturated heterocycles.